The molecular weight excluding hydrogens is 519 g/mol. The molecule has 6 N–H and O–H groups in total. The van der Waals surface area contributed by atoms with E-state index in [1.807, 2.05) is 12.1 Å². The summed E-state index contributed by atoms with van der Waals surface area (Å²) in [4.78, 5) is 36.3. The van der Waals surface area contributed by atoms with Gasteiger partial charge in [0, 0.05) is 27.8 Å². The van der Waals surface area contributed by atoms with Crippen molar-refractivity contribution in [1.82, 2.24) is 16.1 Å². The van der Waals surface area contributed by atoms with E-state index in [9.17, 15) is 19.5 Å². The van der Waals surface area contributed by atoms with Gasteiger partial charge < -0.3 is 21.1 Å². The molecule has 0 saturated heterocycles. The van der Waals surface area contributed by atoms with Crippen LogP contribution in [0.4, 0.5) is 5.69 Å². The van der Waals surface area contributed by atoms with E-state index in [2.05, 4.69) is 16.0 Å². The number of halogens is 2. The van der Waals surface area contributed by atoms with Gasteiger partial charge in [0.2, 0.25) is 5.91 Å². The van der Waals surface area contributed by atoms with Gasteiger partial charge >= 0.3 is 0 Å². The molecule has 0 aromatic heterocycles. The number of aliphatic hydroxyl groups excluding tert-OH is 1. The Morgan fingerprint density at radius 2 is 1.46 bits per heavy atom. The molecule has 0 fully saturated rings. The number of amides is 3. The van der Waals surface area contributed by atoms with Gasteiger partial charge in [0.15, 0.2) is 0 Å². The fraction of sp³-hybridized carbons (Fsp3) is 0.192. The Labute approximate surface area is 223 Å². The zero-order valence-corrected chi connectivity index (χ0v) is 21.3. The van der Waals surface area contributed by atoms with Crippen molar-refractivity contribution in [2.45, 2.75) is 25.6 Å². The van der Waals surface area contributed by atoms with Crippen LogP contribution in [0.25, 0.3) is 11.1 Å². The summed E-state index contributed by atoms with van der Waals surface area (Å²) in [6.07, 6.45) is -1.20. The van der Waals surface area contributed by atoms with Crippen molar-refractivity contribution in [2.75, 3.05) is 11.9 Å². The van der Waals surface area contributed by atoms with Crippen LogP contribution in [0.3, 0.4) is 0 Å². The third-order valence-electron chi connectivity index (χ3n) is 5.35. The molecule has 0 heterocycles. The molecule has 0 aliphatic heterocycles. The van der Waals surface area contributed by atoms with Gasteiger partial charge in [-0.25, -0.2) is 5.48 Å². The Bertz CT molecular complexity index is 1230. The summed E-state index contributed by atoms with van der Waals surface area (Å²) in [6.45, 7) is 1.86. The zero-order valence-electron chi connectivity index (χ0n) is 19.8. The third-order valence-corrected chi connectivity index (χ3v) is 5.78. The lowest BCUT2D eigenvalue weighted by Gasteiger charge is -2.19. The first kappa shape index (κ1) is 28.1. The molecule has 0 spiro atoms. The van der Waals surface area contributed by atoms with Gasteiger partial charge in [-0.1, -0.05) is 47.5 Å². The Balaban J connectivity index is 1.53. The topological polar surface area (TPSA) is 140 Å². The van der Waals surface area contributed by atoms with Crippen LogP contribution >= 0.6 is 23.2 Å². The Kier molecular flexibility index (Phi) is 10.0. The van der Waals surface area contributed by atoms with Crippen LogP contribution in [-0.4, -0.2) is 46.7 Å². The standard InChI is InChI=1S/C26H26Cl2N4O5/c1-15(33)24(26(36)32-37)31-25(35)19-4-2-17(3-5-19)18-6-8-22(9-7-18)30-23(34)14-29-13-16-10-20(27)12-21(28)11-16/h2-12,15,24,29,33,37H,13-14H2,1H3,(H,30,34)(H,31,35)(H,32,36)/t15-,24+/m1/s1. The molecular formula is C26H26Cl2N4O5. The van der Waals surface area contributed by atoms with E-state index < -0.39 is 24.0 Å². The predicted molar refractivity (Wildman–Crippen MR) is 142 cm³/mol. The molecule has 3 aromatic carbocycles. The van der Waals surface area contributed by atoms with Crippen LogP contribution in [0.5, 0.6) is 0 Å². The molecule has 0 unspecified atom stereocenters. The summed E-state index contributed by atoms with van der Waals surface area (Å²) in [6, 6.07) is 17.7. The molecule has 3 aromatic rings. The lowest BCUT2D eigenvalue weighted by molar-refractivity contribution is -0.133. The molecule has 0 bridgehead atoms. The summed E-state index contributed by atoms with van der Waals surface area (Å²) in [7, 11) is 0. The summed E-state index contributed by atoms with van der Waals surface area (Å²) < 4.78 is 0. The molecule has 0 saturated carbocycles. The number of rotatable bonds is 10. The lowest BCUT2D eigenvalue weighted by atomic mass is 10.0. The average Bonchev–Trinajstić information content (AvgIpc) is 2.86. The first-order valence-corrected chi connectivity index (χ1v) is 12.0. The number of aliphatic hydroxyl groups is 1. The maximum absolute atomic E-state index is 12.4. The normalized spacial score (nSPS) is 12.4. The fourth-order valence-electron chi connectivity index (χ4n) is 3.50. The SMILES string of the molecule is C[C@@H](O)[C@H](NC(=O)c1ccc(-c2ccc(NC(=O)CNCc3cc(Cl)cc(Cl)c3)cc2)cc1)C(=O)NO. The van der Waals surface area contributed by atoms with E-state index in [1.165, 1.54) is 12.4 Å². The van der Waals surface area contributed by atoms with Crippen LogP contribution in [0, 0.1) is 0 Å². The highest BCUT2D eigenvalue weighted by molar-refractivity contribution is 6.34. The van der Waals surface area contributed by atoms with Gasteiger partial charge in [0.05, 0.1) is 12.6 Å². The number of benzene rings is 3. The Morgan fingerprint density at radius 1 is 0.892 bits per heavy atom. The predicted octanol–water partition coefficient (Wildman–Crippen LogP) is 3.37. The molecule has 0 aliphatic rings. The highest BCUT2D eigenvalue weighted by atomic mass is 35.5. The number of hydrogen-bond acceptors (Lipinski definition) is 6. The number of hydrogen-bond donors (Lipinski definition) is 6. The van der Waals surface area contributed by atoms with Gasteiger partial charge in [-0.2, -0.15) is 0 Å². The third kappa shape index (κ3) is 8.28. The Morgan fingerprint density at radius 3 is 2.00 bits per heavy atom. The van der Waals surface area contributed by atoms with Crippen LogP contribution in [0.2, 0.25) is 10.0 Å². The van der Waals surface area contributed by atoms with Crippen molar-refractivity contribution < 1.29 is 24.7 Å². The van der Waals surface area contributed by atoms with E-state index in [4.69, 9.17) is 28.4 Å². The van der Waals surface area contributed by atoms with Gasteiger partial charge in [0.1, 0.15) is 6.04 Å². The number of nitrogens with one attached hydrogen (secondary N) is 4. The minimum atomic E-state index is -1.30. The van der Waals surface area contributed by atoms with Crippen molar-refractivity contribution in [2.24, 2.45) is 0 Å². The van der Waals surface area contributed by atoms with Crippen molar-refractivity contribution in [1.29, 1.82) is 0 Å². The maximum atomic E-state index is 12.4. The first-order valence-electron chi connectivity index (χ1n) is 11.2. The monoisotopic (exact) mass is 544 g/mol. The van der Waals surface area contributed by atoms with Crippen LogP contribution in [0.15, 0.2) is 66.7 Å². The van der Waals surface area contributed by atoms with Gasteiger partial charge in [-0.3, -0.25) is 19.6 Å². The summed E-state index contributed by atoms with van der Waals surface area (Å²) >= 11 is 12.0. The number of carbonyl (C=O) groups excluding carboxylic acids is 3. The van der Waals surface area contributed by atoms with E-state index in [1.54, 1.807) is 54.6 Å². The maximum Gasteiger partial charge on any atom is 0.268 e. The van der Waals surface area contributed by atoms with Crippen molar-refractivity contribution >= 4 is 46.6 Å². The number of carbonyl (C=O) groups is 3. The molecule has 3 rings (SSSR count). The highest BCUT2D eigenvalue weighted by Gasteiger charge is 2.25. The molecule has 3 amide bonds. The minimum absolute atomic E-state index is 0.102. The van der Waals surface area contributed by atoms with E-state index >= 15 is 0 Å². The number of anilines is 1. The van der Waals surface area contributed by atoms with E-state index in [-0.39, 0.29) is 18.0 Å². The highest BCUT2D eigenvalue weighted by Crippen LogP contribution is 2.22. The Hall–Kier alpha value is -3.47. The molecule has 194 valence electrons. The van der Waals surface area contributed by atoms with Gasteiger partial charge in [0.25, 0.3) is 11.8 Å². The molecule has 2 atom stereocenters. The molecule has 9 nitrogen and oxygen atoms in total. The summed E-state index contributed by atoms with van der Waals surface area (Å²) in [5, 5.41) is 27.7. The minimum Gasteiger partial charge on any atom is -0.391 e. The molecule has 0 radical (unpaired) electrons. The van der Waals surface area contributed by atoms with E-state index in [0.717, 1.165) is 16.7 Å². The van der Waals surface area contributed by atoms with Crippen LogP contribution < -0.4 is 21.4 Å². The van der Waals surface area contributed by atoms with E-state index in [0.29, 0.717) is 22.3 Å². The summed E-state index contributed by atoms with van der Waals surface area (Å²) in [5.74, 6) is -1.71. The quantitative estimate of drug-likeness (QED) is 0.171. The van der Waals surface area contributed by atoms with Crippen molar-refractivity contribution in [3.05, 3.63) is 87.9 Å². The second-order valence-corrected chi connectivity index (χ2v) is 9.12. The molecule has 0 aliphatic carbocycles. The fourth-order valence-corrected chi connectivity index (χ4v) is 4.07. The smallest absolute Gasteiger partial charge is 0.268 e. The first-order chi connectivity index (χ1) is 17.7. The van der Waals surface area contributed by atoms with Gasteiger partial charge in [-0.15, -0.1) is 0 Å². The lowest BCUT2D eigenvalue weighted by Crippen LogP contribution is -2.51. The zero-order chi connectivity index (χ0) is 26.9. The average molecular weight is 545 g/mol. The van der Waals surface area contributed by atoms with Crippen LogP contribution in [-0.2, 0) is 16.1 Å². The molecule has 37 heavy (non-hydrogen) atoms. The largest absolute Gasteiger partial charge is 0.391 e. The van der Waals surface area contributed by atoms with Crippen LogP contribution in [0.1, 0.15) is 22.8 Å². The second kappa shape index (κ2) is 13.2. The second-order valence-electron chi connectivity index (χ2n) is 8.25. The summed E-state index contributed by atoms with van der Waals surface area (Å²) in [5.41, 5.74) is 4.89. The number of hydroxylamine groups is 1. The van der Waals surface area contributed by atoms with Crippen molar-refractivity contribution in [3.63, 3.8) is 0 Å². The molecule has 11 heteroatoms. The van der Waals surface area contributed by atoms with Gasteiger partial charge in [-0.05, 0) is 66.1 Å². The van der Waals surface area contributed by atoms with Crippen molar-refractivity contribution in [3.8, 4) is 11.1 Å².